The highest BCUT2D eigenvalue weighted by Gasteiger charge is 2.17. The van der Waals surface area contributed by atoms with Crippen molar-refractivity contribution < 1.29 is 8.42 Å². The van der Waals surface area contributed by atoms with Gasteiger partial charge in [0.25, 0.3) is 0 Å². The number of nitrogens with one attached hydrogen (secondary N) is 2. The Morgan fingerprint density at radius 1 is 1.20 bits per heavy atom. The number of hydrogen-bond donors (Lipinski definition) is 2. The molecule has 0 aliphatic heterocycles. The number of halogens is 1. The Kier molecular flexibility index (Phi) is 7.72. The molecule has 0 heterocycles. The first kappa shape index (κ1) is 17.6. The Labute approximate surface area is 130 Å². The molecule has 4 nitrogen and oxygen atoms in total. The maximum atomic E-state index is 12.3. The molecule has 0 aliphatic rings. The summed E-state index contributed by atoms with van der Waals surface area (Å²) in [6.45, 7) is 3.27. The van der Waals surface area contributed by atoms with Crippen LogP contribution in [0.15, 0.2) is 27.6 Å². The highest BCUT2D eigenvalue weighted by Crippen LogP contribution is 2.23. The van der Waals surface area contributed by atoms with E-state index in [9.17, 15) is 8.42 Å². The molecule has 0 unspecified atom stereocenters. The number of unbranched alkanes of at least 4 members (excludes halogenated alkanes) is 3. The maximum Gasteiger partial charge on any atom is 0.241 e. The third kappa shape index (κ3) is 5.52. The van der Waals surface area contributed by atoms with Crippen molar-refractivity contribution in [3.8, 4) is 0 Å². The van der Waals surface area contributed by atoms with Gasteiger partial charge in [-0.25, -0.2) is 13.1 Å². The van der Waals surface area contributed by atoms with Crippen LogP contribution in [0.4, 0.5) is 0 Å². The summed E-state index contributed by atoms with van der Waals surface area (Å²) in [6.07, 6.45) is 4.22. The Bertz CT molecular complexity index is 518. The minimum Gasteiger partial charge on any atom is -0.316 e. The second-order valence-electron chi connectivity index (χ2n) is 4.75. The van der Waals surface area contributed by atoms with E-state index < -0.39 is 10.0 Å². The van der Waals surface area contributed by atoms with E-state index in [4.69, 9.17) is 0 Å². The van der Waals surface area contributed by atoms with E-state index in [0.29, 0.717) is 22.5 Å². The van der Waals surface area contributed by atoms with Gasteiger partial charge in [-0.2, -0.15) is 0 Å². The lowest BCUT2D eigenvalue weighted by atomic mass is 10.2. The number of rotatable bonds is 9. The molecule has 0 atom stereocenters. The van der Waals surface area contributed by atoms with Crippen molar-refractivity contribution in [1.29, 1.82) is 0 Å². The first-order valence-corrected chi connectivity index (χ1v) is 9.21. The van der Waals surface area contributed by atoms with Crippen LogP contribution >= 0.6 is 15.9 Å². The Morgan fingerprint density at radius 3 is 2.60 bits per heavy atom. The van der Waals surface area contributed by atoms with E-state index in [1.54, 1.807) is 12.1 Å². The summed E-state index contributed by atoms with van der Waals surface area (Å²) in [5.74, 6) is 0. The first-order chi connectivity index (χ1) is 9.51. The third-order valence-electron chi connectivity index (χ3n) is 2.99. The topological polar surface area (TPSA) is 58.2 Å². The van der Waals surface area contributed by atoms with Crippen LogP contribution in [0.5, 0.6) is 0 Å². The van der Waals surface area contributed by atoms with Crippen LogP contribution in [0.25, 0.3) is 0 Å². The van der Waals surface area contributed by atoms with Gasteiger partial charge in [-0.3, -0.25) is 0 Å². The summed E-state index contributed by atoms with van der Waals surface area (Å²) in [4.78, 5) is 0.306. The summed E-state index contributed by atoms with van der Waals surface area (Å²) >= 11 is 3.31. The summed E-state index contributed by atoms with van der Waals surface area (Å²) in [5, 5.41) is 3.02. The van der Waals surface area contributed by atoms with E-state index in [2.05, 4.69) is 32.9 Å². The average Bonchev–Trinajstić information content (AvgIpc) is 2.41. The summed E-state index contributed by atoms with van der Waals surface area (Å²) < 4.78 is 27.8. The molecular weight excluding hydrogens is 340 g/mol. The summed E-state index contributed by atoms with van der Waals surface area (Å²) in [5.41, 5.74) is 0.946. The monoisotopic (exact) mass is 362 g/mol. The highest BCUT2D eigenvalue weighted by molar-refractivity contribution is 9.10. The van der Waals surface area contributed by atoms with Gasteiger partial charge in [-0.1, -0.05) is 32.3 Å². The molecule has 0 radical (unpaired) electrons. The van der Waals surface area contributed by atoms with E-state index >= 15 is 0 Å². The zero-order valence-corrected chi connectivity index (χ0v) is 14.5. The highest BCUT2D eigenvalue weighted by atomic mass is 79.9. The summed E-state index contributed by atoms with van der Waals surface area (Å²) in [7, 11) is -1.61. The lowest BCUT2D eigenvalue weighted by molar-refractivity contribution is 0.573. The molecule has 1 rings (SSSR count). The molecule has 114 valence electrons. The van der Waals surface area contributed by atoms with Crippen molar-refractivity contribution >= 4 is 26.0 Å². The zero-order valence-electron chi connectivity index (χ0n) is 12.1. The standard InChI is InChI=1S/C14H23BrN2O2S/c1-3-4-5-6-9-17-20(18,19)14-10-12(11-16-2)7-8-13(14)15/h7-8,10,16-17H,3-6,9,11H2,1-2H3. The maximum absolute atomic E-state index is 12.3. The molecule has 20 heavy (non-hydrogen) atoms. The molecule has 0 saturated heterocycles. The van der Waals surface area contributed by atoms with Crippen molar-refractivity contribution in [2.45, 2.75) is 44.0 Å². The lowest BCUT2D eigenvalue weighted by Crippen LogP contribution is -2.25. The van der Waals surface area contributed by atoms with Gasteiger partial charge in [0.2, 0.25) is 10.0 Å². The second-order valence-corrected chi connectivity index (χ2v) is 7.34. The lowest BCUT2D eigenvalue weighted by Gasteiger charge is -2.10. The molecule has 0 aromatic heterocycles. The molecule has 2 N–H and O–H groups in total. The van der Waals surface area contributed by atoms with Crippen molar-refractivity contribution in [1.82, 2.24) is 10.0 Å². The SMILES string of the molecule is CCCCCCNS(=O)(=O)c1cc(CNC)ccc1Br. The van der Waals surface area contributed by atoms with Crippen LogP contribution in [0, 0.1) is 0 Å². The van der Waals surface area contributed by atoms with Gasteiger partial charge >= 0.3 is 0 Å². The van der Waals surface area contributed by atoms with Crippen molar-refractivity contribution in [3.05, 3.63) is 28.2 Å². The van der Waals surface area contributed by atoms with Gasteiger partial charge in [-0.05, 0) is 47.1 Å². The fourth-order valence-corrected chi connectivity index (χ4v) is 3.99. The smallest absolute Gasteiger partial charge is 0.241 e. The van der Waals surface area contributed by atoms with E-state index in [1.807, 2.05) is 13.1 Å². The molecule has 0 saturated carbocycles. The molecule has 0 bridgehead atoms. The molecule has 0 fully saturated rings. The van der Waals surface area contributed by atoms with Crippen molar-refractivity contribution in [2.24, 2.45) is 0 Å². The average molecular weight is 363 g/mol. The molecule has 1 aromatic carbocycles. The van der Waals surface area contributed by atoms with Crippen LogP contribution in [-0.2, 0) is 16.6 Å². The largest absolute Gasteiger partial charge is 0.316 e. The van der Waals surface area contributed by atoms with Gasteiger partial charge in [0.15, 0.2) is 0 Å². The molecule has 1 aromatic rings. The molecular formula is C14H23BrN2O2S. The minimum absolute atomic E-state index is 0.306. The summed E-state index contributed by atoms with van der Waals surface area (Å²) in [6, 6.07) is 5.38. The Balaban J connectivity index is 2.73. The van der Waals surface area contributed by atoms with Gasteiger partial charge in [0.05, 0.1) is 4.90 Å². The van der Waals surface area contributed by atoms with E-state index in [1.165, 1.54) is 0 Å². The zero-order chi connectivity index (χ0) is 15.0. The normalized spacial score (nSPS) is 11.8. The van der Waals surface area contributed by atoms with Crippen molar-refractivity contribution in [2.75, 3.05) is 13.6 Å². The van der Waals surface area contributed by atoms with Gasteiger partial charge in [-0.15, -0.1) is 0 Å². The van der Waals surface area contributed by atoms with Crippen LogP contribution in [0.2, 0.25) is 0 Å². The van der Waals surface area contributed by atoms with Gasteiger partial charge in [0.1, 0.15) is 0 Å². The Hall–Kier alpha value is -0.430. The van der Waals surface area contributed by atoms with Gasteiger partial charge < -0.3 is 5.32 Å². The predicted molar refractivity (Wildman–Crippen MR) is 86.2 cm³/mol. The number of hydrogen-bond acceptors (Lipinski definition) is 3. The fourth-order valence-electron chi connectivity index (χ4n) is 1.90. The van der Waals surface area contributed by atoms with Crippen LogP contribution in [0.3, 0.4) is 0 Å². The van der Waals surface area contributed by atoms with Crippen molar-refractivity contribution in [3.63, 3.8) is 0 Å². The van der Waals surface area contributed by atoms with Gasteiger partial charge in [0, 0.05) is 17.6 Å². The molecule has 6 heteroatoms. The quantitative estimate of drug-likeness (QED) is 0.663. The van der Waals surface area contributed by atoms with Crippen LogP contribution < -0.4 is 10.0 Å². The fraction of sp³-hybridized carbons (Fsp3) is 0.571. The molecule has 0 amide bonds. The van der Waals surface area contributed by atoms with E-state index in [-0.39, 0.29) is 0 Å². The Morgan fingerprint density at radius 2 is 1.95 bits per heavy atom. The number of sulfonamides is 1. The molecule has 0 aliphatic carbocycles. The predicted octanol–water partition coefficient (Wildman–Crippen LogP) is 3.03. The first-order valence-electron chi connectivity index (χ1n) is 6.94. The minimum atomic E-state index is -3.44. The third-order valence-corrected chi connectivity index (χ3v) is 5.44. The molecule has 0 spiro atoms. The number of benzene rings is 1. The van der Waals surface area contributed by atoms with E-state index in [0.717, 1.165) is 31.2 Å². The van der Waals surface area contributed by atoms with Crippen LogP contribution in [-0.4, -0.2) is 22.0 Å². The van der Waals surface area contributed by atoms with Crippen LogP contribution in [0.1, 0.15) is 38.2 Å². The second kappa shape index (κ2) is 8.77.